The van der Waals surface area contributed by atoms with E-state index in [0.717, 1.165) is 16.7 Å². The molecule has 0 aliphatic carbocycles. The van der Waals surface area contributed by atoms with Gasteiger partial charge in [-0.15, -0.1) is 0 Å². The maximum Gasteiger partial charge on any atom is 0.287 e. The molecule has 3 rings (SSSR count). The van der Waals surface area contributed by atoms with E-state index >= 15 is 0 Å². The monoisotopic (exact) mass is 339 g/mol. The Kier molecular flexibility index (Phi) is 5.36. The molecule has 25 heavy (non-hydrogen) atoms. The van der Waals surface area contributed by atoms with E-state index in [1.165, 1.54) is 0 Å². The van der Waals surface area contributed by atoms with Crippen LogP contribution in [0, 0.1) is 0 Å². The highest BCUT2D eigenvalue weighted by molar-refractivity contribution is 5.99. The van der Waals surface area contributed by atoms with Crippen molar-refractivity contribution in [1.29, 1.82) is 0 Å². The summed E-state index contributed by atoms with van der Waals surface area (Å²) in [7, 11) is 1.60. The summed E-state index contributed by atoms with van der Waals surface area (Å²) in [6, 6.07) is 16.9. The Bertz CT molecular complexity index is 841. The number of hydrogen-bond acceptors (Lipinski definition) is 4. The molecule has 1 aromatic heterocycles. The summed E-state index contributed by atoms with van der Waals surface area (Å²) in [5, 5.41) is 3.76. The maximum atomic E-state index is 12.6. The first-order chi connectivity index (χ1) is 12.2. The van der Waals surface area contributed by atoms with Crippen molar-refractivity contribution < 1.29 is 18.7 Å². The summed E-state index contributed by atoms with van der Waals surface area (Å²) < 4.78 is 16.7. The fraction of sp³-hybridized carbons (Fsp3) is 0.250. The summed E-state index contributed by atoms with van der Waals surface area (Å²) >= 11 is 0. The molecule has 0 fully saturated rings. The zero-order valence-electron chi connectivity index (χ0n) is 14.3. The predicted molar refractivity (Wildman–Crippen MR) is 95.8 cm³/mol. The van der Waals surface area contributed by atoms with Gasteiger partial charge in [0.25, 0.3) is 5.91 Å². The number of para-hydroxylation sites is 2. The number of carbonyl (C=O) groups excluding carboxylic acids is 1. The normalized spacial score (nSPS) is 12.1. The fourth-order valence-electron chi connectivity index (χ4n) is 2.68. The van der Waals surface area contributed by atoms with Crippen LogP contribution in [0.4, 0.5) is 0 Å². The van der Waals surface area contributed by atoms with E-state index in [9.17, 15) is 4.79 Å². The molecule has 1 atom stereocenters. The Morgan fingerprint density at radius 2 is 1.84 bits per heavy atom. The van der Waals surface area contributed by atoms with Gasteiger partial charge >= 0.3 is 0 Å². The largest absolute Gasteiger partial charge is 0.489 e. The van der Waals surface area contributed by atoms with Gasteiger partial charge < -0.3 is 19.2 Å². The van der Waals surface area contributed by atoms with Crippen LogP contribution in [0.1, 0.15) is 23.0 Å². The van der Waals surface area contributed by atoms with Gasteiger partial charge in [0.15, 0.2) is 5.76 Å². The lowest BCUT2D eigenvalue weighted by molar-refractivity contribution is 0.0876. The molecule has 0 saturated carbocycles. The molecule has 130 valence electrons. The van der Waals surface area contributed by atoms with Gasteiger partial charge in [0.2, 0.25) is 0 Å². The van der Waals surface area contributed by atoms with Crippen molar-refractivity contribution in [2.75, 3.05) is 13.7 Å². The summed E-state index contributed by atoms with van der Waals surface area (Å²) in [5.74, 6) is 0.749. The van der Waals surface area contributed by atoms with Crippen LogP contribution in [0.25, 0.3) is 11.0 Å². The molecule has 0 radical (unpaired) electrons. The van der Waals surface area contributed by atoms with Crippen LogP contribution in [-0.2, 0) is 11.3 Å². The number of benzene rings is 2. The molecule has 0 aliphatic rings. The summed E-state index contributed by atoms with van der Waals surface area (Å²) in [6.07, 6.45) is 0. The third-order valence-corrected chi connectivity index (χ3v) is 3.83. The SMILES string of the molecule is COCC(C)NC(=O)c1oc2ccccc2c1COc1ccccc1. The van der Waals surface area contributed by atoms with Gasteiger partial charge in [-0.1, -0.05) is 36.4 Å². The zero-order chi connectivity index (χ0) is 17.6. The van der Waals surface area contributed by atoms with Gasteiger partial charge in [-0.25, -0.2) is 0 Å². The van der Waals surface area contributed by atoms with Crippen LogP contribution < -0.4 is 10.1 Å². The molecule has 5 heteroatoms. The van der Waals surface area contributed by atoms with Crippen LogP contribution in [0.15, 0.2) is 59.0 Å². The smallest absolute Gasteiger partial charge is 0.287 e. The van der Waals surface area contributed by atoms with Gasteiger partial charge in [-0.05, 0) is 25.1 Å². The van der Waals surface area contributed by atoms with E-state index < -0.39 is 0 Å². The molecule has 1 amide bonds. The van der Waals surface area contributed by atoms with Crippen molar-refractivity contribution in [3.05, 3.63) is 65.9 Å². The third kappa shape index (κ3) is 4.00. The number of amides is 1. The minimum atomic E-state index is -0.271. The lowest BCUT2D eigenvalue weighted by atomic mass is 10.1. The minimum absolute atomic E-state index is 0.117. The number of fused-ring (bicyclic) bond motifs is 1. The molecule has 2 aromatic carbocycles. The fourth-order valence-corrected chi connectivity index (χ4v) is 2.68. The number of methoxy groups -OCH3 is 1. The first kappa shape index (κ1) is 17.0. The average molecular weight is 339 g/mol. The molecule has 1 heterocycles. The summed E-state index contributed by atoms with van der Waals surface area (Å²) in [5.41, 5.74) is 1.40. The van der Waals surface area contributed by atoms with E-state index in [1.54, 1.807) is 7.11 Å². The molecule has 0 spiro atoms. The first-order valence-corrected chi connectivity index (χ1v) is 8.17. The average Bonchev–Trinajstić information content (AvgIpc) is 3.00. The van der Waals surface area contributed by atoms with Crippen LogP contribution in [0.5, 0.6) is 5.75 Å². The molecule has 0 bridgehead atoms. The van der Waals surface area contributed by atoms with Gasteiger partial charge in [0, 0.05) is 24.1 Å². The molecule has 3 aromatic rings. The highest BCUT2D eigenvalue weighted by Crippen LogP contribution is 2.27. The number of rotatable bonds is 7. The van der Waals surface area contributed by atoms with Gasteiger partial charge in [0.1, 0.15) is 17.9 Å². The van der Waals surface area contributed by atoms with Crippen molar-refractivity contribution in [2.24, 2.45) is 0 Å². The van der Waals surface area contributed by atoms with Crippen molar-refractivity contribution >= 4 is 16.9 Å². The van der Waals surface area contributed by atoms with Crippen LogP contribution in [-0.4, -0.2) is 25.7 Å². The van der Waals surface area contributed by atoms with E-state index in [1.807, 2.05) is 61.5 Å². The number of carbonyl (C=O) groups is 1. The molecular formula is C20H21NO4. The second kappa shape index (κ2) is 7.85. The van der Waals surface area contributed by atoms with E-state index in [2.05, 4.69) is 5.32 Å². The molecule has 0 saturated heterocycles. The maximum absolute atomic E-state index is 12.6. The molecule has 0 aliphatic heterocycles. The number of ether oxygens (including phenoxy) is 2. The molecule has 5 nitrogen and oxygen atoms in total. The number of hydrogen-bond donors (Lipinski definition) is 1. The van der Waals surface area contributed by atoms with Crippen LogP contribution in [0.3, 0.4) is 0 Å². The van der Waals surface area contributed by atoms with Gasteiger partial charge in [-0.2, -0.15) is 0 Å². The lowest BCUT2D eigenvalue weighted by Gasteiger charge is -2.12. The number of furan rings is 1. The highest BCUT2D eigenvalue weighted by Gasteiger charge is 2.22. The summed E-state index contributed by atoms with van der Waals surface area (Å²) in [4.78, 5) is 12.6. The lowest BCUT2D eigenvalue weighted by Crippen LogP contribution is -2.35. The van der Waals surface area contributed by atoms with Gasteiger partial charge in [-0.3, -0.25) is 4.79 Å². The van der Waals surface area contributed by atoms with Crippen LogP contribution >= 0.6 is 0 Å². The quantitative estimate of drug-likeness (QED) is 0.712. The third-order valence-electron chi connectivity index (χ3n) is 3.83. The van der Waals surface area contributed by atoms with E-state index in [4.69, 9.17) is 13.9 Å². The number of nitrogens with one attached hydrogen (secondary N) is 1. The zero-order valence-corrected chi connectivity index (χ0v) is 14.3. The van der Waals surface area contributed by atoms with Gasteiger partial charge in [0.05, 0.1) is 6.61 Å². The first-order valence-electron chi connectivity index (χ1n) is 8.17. The molecular weight excluding hydrogens is 318 g/mol. The second-order valence-electron chi connectivity index (χ2n) is 5.84. The Balaban J connectivity index is 1.87. The highest BCUT2D eigenvalue weighted by atomic mass is 16.5. The molecule has 1 N–H and O–H groups in total. The van der Waals surface area contributed by atoms with Crippen molar-refractivity contribution in [2.45, 2.75) is 19.6 Å². The Morgan fingerprint density at radius 1 is 1.12 bits per heavy atom. The summed E-state index contributed by atoms with van der Waals surface area (Å²) in [6.45, 7) is 2.56. The van der Waals surface area contributed by atoms with E-state index in [-0.39, 0.29) is 24.3 Å². The second-order valence-corrected chi connectivity index (χ2v) is 5.84. The predicted octanol–water partition coefficient (Wildman–Crippen LogP) is 3.78. The Morgan fingerprint density at radius 3 is 2.60 bits per heavy atom. The van der Waals surface area contributed by atoms with Crippen molar-refractivity contribution in [3.63, 3.8) is 0 Å². The van der Waals surface area contributed by atoms with E-state index in [0.29, 0.717) is 12.2 Å². The van der Waals surface area contributed by atoms with Crippen molar-refractivity contribution in [1.82, 2.24) is 5.32 Å². The minimum Gasteiger partial charge on any atom is -0.489 e. The molecule has 1 unspecified atom stereocenters. The Labute approximate surface area is 146 Å². The standard InChI is InChI=1S/C20H21NO4/c1-14(12-23-2)21-20(22)19-17(13-24-15-8-4-3-5-9-15)16-10-6-7-11-18(16)25-19/h3-11,14H,12-13H2,1-2H3,(H,21,22). The topological polar surface area (TPSA) is 60.7 Å². The Hall–Kier alpha value is -2.79. The van der Waals surface area contributed by atoms with Crippen molar-refractivity contribution in [3.8, 4) is 5.75 Å². The van der Waals surface area contributed by atoms with Crippen LogP contribution in [0.2, 0.25) is 0 Å².